The van der Waals surface area contributed by atoms with Crippen LogP contribution in [0.5, 0.6) is 0 Å². The van der Waals surface area contributed by atoms with E-state index in [1.807, 2.05) is 19.0 Å². The Morgan fingerprint density at radius 2 is 2.22 bits per heavy atom. The van der Waals surface area contributed by atoms with Gasteiger partial charge in [0.2, 0.25) is 0 Å². The van der Waals surface area contributed by atoms with E-state index in [2.05, 4.69) is 10.5 Å². The first-order valence-corrected chi connectivity index (χ1v) is 7.71. The van der Waals surface area contributed by atoms with Crippen LogP contribution < -0.4 is 5.32 Å². The number of hydrogen-bond donors (Lipinski definition) is 1. The van der Waals surface area contributed by atoms with Crippen LogP contribution in [-0.4, -0.2) is 36.1 Å². The summed E-state index contributed by atoms with van der Waals surface area (Å²) in [4.78, 5) is 14.3. The minimum Gasteiger partial charge on any atom is -0.361 e. The standard InChI is InChI=1S/C17H20FN3O2/c1-21(2)10-15-13-9-11(7-8-16(13)23-20-15)19-17(22)12-5-3-4-6-14(12)18/h3-6,11H,7-10H2,1-2H3,(H,19,22). The summed E-state index contributed by atoms with van der Waals surface area (Å²) in [6.45, 7) is 0.701. The van der Waals surface area contributed by atoms with E-state index in [1.165, 1.54) is 12.1 Å². The van der Waals surface area contributed by atoms with E-state index in [0.29, 0.717) is 13.0 Å². The van der Waals surface area contributed by atoms with Crippen molar-refractivity contribution >= 4 is 5.91 Å². The fraction of sp³-hybridized carbons (Fsp3) is 0.412. The number of nitrogens with zero attached hydrogens (tertiary/aromatic N) is 2. The Balaban J connectivity index is 1.71. The van der Waals surface area contributed by atoms with Crippen molar-refractivity contribution in [1.82, 2.24) is 15.4 Å². The molecule has 5 nitrogen and oxygen atoms in total. The SMILES string of the molecule is CN(C)Cc1noc2c1CC(NC(=O)c1ccccc1F)CC2. The fourth-order valence-electron chi connectivity index (χ4n) is 2.92. The second-order valence-corrected chi connectivity index (χ2v) is 6.16. The first-order chi connectivity index (χ1) is 11.0. The Labute approximate surface area is 134 Å². The highest BCUT2D eigenvalue weighted by atomic mass is 19.1. The van der Waals surface area contributed by atoms with Crippen LogP contribution in [0.25, 0.3) is 0 Å². The highest BCUT2D eigenvalue weighted by molar-refractivity contribution is 5.94. The summed E-state index contributed by atoms with van der Waals surface area (Å²) in [5.41, 5.74) is 2.07. The van der Waals surface area contributed by atoms with Gasteiger partial charge < -0.3 is 14.7 Å². The zero-order chi connectivity index (χ0) is 16.4. The molecule has 122 valence electrons. The lowest BCUT2D eigenvalue weighted by molar-refractivity contribution is 0.0928. The largest absolute Gasteiger partial charge is 0.361 e. The van der Waals surface area contributed by atoms with E-state index >= 15 is 0 Å². The fourth-order valence-corrected chi connectivity index (χ4v) is 2.92. The predicted octanol–water partition coefficient (Wildman–Crippen LogP) is 2.16. The van der Waals surface area contributed by atoms with Gasteiger partial charge >= 0.3 is 0 Å². The molecule has 1 amide bonds. The third kappa shape index (κ3) is 3.42. The normalized spacial score (nSPS) is 17.1. The molecule has 0 aliphatic heterocycles. The molecule has 1 heterocycles. The van der Waals surface area contributed by atoms with Crippen molar-refractivity contribution in [3.8, 4) is 0 Å². The lowest BCUT2D eigenvalue weighted by Crippen LogP contribution is -2.39. The molecule has 1 aromatic heterocycles. The number of halogens is 1. The molecule has 1 aliphatic rings. The Kier molecular flexibility index (Phi) is 4.43. The van der Waals surface area contributed by atoms with Crippen molar-refractivity contribution in [3.63, 3.8) is 0 Å². The lowest BCUT2D eigenvalue weighted by atomic mass is 9.91. The topological polar surface area (TPSA) is 58.4 Å². The molecule has 0 bridgehead atoms. The number of benzene rings is 1. The van der Waals surface area contributed by atoms with Gasteiger partial charge in [-0.25, -0.2) is 4.39 Å². The van der Waals surface area contributed by atoms with Gasteiger partial charge in [-0.05, 0) is 39.1 Å². The highest BCUT2D eigenvalue weighted by Gasteiger charge is 2.27. The van der Waals surface area contributed by atoms with Crippen LogP contribution in [-0.2, 0) is 19.4 Å². The molecule has 3 rings (SSSR count). The Hall–Kier alpha value is -2.21. The third-order valence-corrected chi connectivity index (χ3v) is 4.04. The van der Waals surface area contributed by atoms with Gasteiger partial charge in [-0.3, -0.25) is 4.79 Å². The summed E-state index contributed by atoms with van der Waals surface area (Å²) in [7, 11) is 3.95. The first kappa shape index (κ1) is 15.7. The van der Waals surface area contributed by atoms with Crippen LogP contribution in [0.2, 0.25) is 0 Å². The van der Waals surface area contributed by atoms with Gasteiger partial charge in [-0.1, -0.05) is 17.3 Å². The molecule has 0 saturated heterocycles. The maximum Gasteiger partial charge on any atom is 0.254 e. The molecule has 0 fully saturated rings. The van der Waals surface area contributed by atoms with Crippen LogP contribution in [0.15, 0.2) is 28.8 Å². The van der Waals surface area contributed by atoms with E-state index in [4.69, 9.17) is 4.52 Å². The molecule has 0 saturated carbocycles. The second kappa shape index (κ2) is 6.50. The Bertz CT molecular complexity index is 712. The van der Waals surface area contributed by atoms with Crippen molar-refractivity contribution in [2.75, 3.05) is 14.1 Å². The average Bonchev–Trinajstić information content (AvgIpc) is 2.89. The molecular weight excluding hydrogens is 297 g/mol. The number of aromatic nitrogens is 1. The quantitative estimate of drug-likeness (QED) is 0.939. The number of aryl methyl sites for hydroxylation is 1. The van der Waals surface area contributed by atoms with Gasteiger partial charge in [0.15, 0.2) is 0 Å². The Morgan fingerprint density at radius 1 is 1.43 bits per heavy atom. The zero-order valence-corrected chi connectivity index (χ0v) is 13.3. The molecule has 0 spiro atoms. The van der Waals surface area contributed by atoms with E-state index in [0.717, 1.165) is 29.9 Å². The molecule has 2 aromatic rings. The summed E-state index contributed by atoms with van der Waals surface area (Å²) in [6.07, 6.45) is 2.17. The monoisotopic (exact) mass is 317 g/mol. The summed E-state index contributed by atoms with van der Waals surface area (Å²) in [6, 6.07) is 5.99. The third-order valence-electron chi connectivity index (χ3n) is 4.04. The minimum absolute atomic E-state index is 0.0325. The number of carbonyl (C=O) groups excluding carboxylic acids is 1. The molecule has 1 aliphatic carbocycles. The number of amides is 1. The van der Waals surface area contributed by atoms with Crippen molar-refractivity contribution in [2.24, 2.45) is 0 Å². The summed E-state index contributed by atoms with van der Waals surface area (Å²) in [5, 5.41) is 7.06. The summed E-state index contributed by atoms with van der Waals surface area (Å²) >= 11 is 0. The molecule has 6 heteroatoms. The zero-order valence-electron chi connectivity index (χ0n) is 13.3. The van der Waals surface area contributed by atoms with Crippen molar-refractivity contribution in [2.45, 2.75) is 31.8 Å². The maximum absolute atomic E-state index is 13.7. The minimum atomic E-state index is -0.500. The van der Waals surface area contributed by atoms with Gasteiger partial charge in [0.05, 0.1) is 5.56 Å². The van der Waals surface area contributed by atoms with Crippen LogP contribution in [0.3, 0.4) is 0 Å². The second-order valence-electron chi connectivity index (χ2n) is 6.16. The predicted molar refractivity (Wildman–Crippen MR) is 83.6 cm³/mol. The molecule has 0 radical (unpaired) electrons. The smallest absolute Gasteiger partial charge is 0.254 e. The van der Waals surface area contributed by atoms with Crippen molar-refractivity contribution in [1.29, 1.82) is 0 Å². The van der Waals surface area contributed by atoms with Gasteiger partial charge in [0.1, 0.15) is 17.3 Å². The van der Waals surface area contributed by atoms with Gasteiger partial charge in [-0.2, -0.15) is 0 Å². The van der Waals surface area contributed by atoms with Crippen LogP contribution in [0, 0.1) is 5.82 Å². The molecule has 1 aromatic carbocycles. The summed E-state index contributed by atoms with van der Waals surface area (Å²) in [5.74, 6) is 0.0279. The van der Waals surface area contributed by atoms with Crippen LogP contribution in [0.4, 0.5) is 4.39 Å². The Morgan fingerprint density at radius 3 is 2.96 bits per heavy atom. The number of carbonyl (C=O) groups is 1. The molecular formula is C17H20FN3O2. The lowest BCUT2D eigenvalue weighted by Gasteiger charge is -2.23. The summed E-state index contributed by atoms with van der Waals surface area (Å²) < 4.78 is 19.1. The van der Waals surface area contributed by atoms with Crippen molar-refractivity contribution < 1.29 is 13.7 Å². The molecule has 23 heavy (non-hydrogen) atoms. The number of fused-ring (bicyclic) bond motifs is 1. The number of hydrogen-bond acceptors (Lipinski definition) is 4. The van der Waals surface area contributed by atoms with E-state index in [1.54, 1.807) is 12.1 Å². The van der Waals surface area contributed by atoms with Crippen LogP contribution >= 0.6 is 0 Å². The number of rotatable bonds is 4. The highest BCUT2D eigenvalue weighted by Crippen LogP contribution is 2.25. The average molecular weight is 317 g/mol. The molecule has 1 atom stereocenters. The maximum atomic E-state index is 13.7. The molecule has 1 N–H and O–H groups in total. The van der Waals surface area contributed by atoms with E-state index in [-0.39, 0.29) is 17.5 Å². The van der Waals surface area contributed by atoms with E-state index in [9.17, 15) is 9.18 Å². The van der Waals surface area contributed by atoms with Gasteiger partial charge in [0, 0.05) is 24.6 Å². The molecule has 1 unspecified atom stereocenters. The van der Waals surface area contributed by atoms with Crippen molar-refractivity contribution in [3.05, 3.63) is 52.7 Å². The van der Waals surface area contributed by atoms with Gasteiger partial charge in [-0.15, -0.1) is 0 Å². The van der Waals surface area contributed by atoms with Gasteiger partial charge in [0.25, 0.3) is 5.91 Å². The van der Waals surface area contributed by atoms with Crippen LogP contribution in [0.1, 0.15) is 33.8 Å². The van der Waals surface area contributed by atoms with E-state index < -0.39 is 5.82 Å². The first-order valence-electron chi connectivity index (χ1n) is 7.71. The number of nitrogens with one attached hydrogen (secondary N) is 1.